The molecule has 0 unspecified atom stereocenters. The molecule has 1 aromatic carbocycles. The fraction of sp³-hybridized carbons (Fsp3) is 0.300. The predicted octanol–water partition coefficient (Wildman–Crippen LogP) is 3.35. The van der Waals surface area contributed by atoms with Crippen LogP contribution in [0.25, 0.3) is 0 Å². The van der Waals surface area contributed by atoms with Gasteiger partial charge in [-0.2, -0.15) is 13.2 Å². The summed E-state index contributed by atoms with van der Waals surface area (Å²) in [7, 11) is 0. The van der Waals surface area contributed by atoms with Gasteiger partial charge in [0.25, 0.3) is 0 Å². The van der Waals surface area contributed by atoms with Crippen LogP contribution in [0.15, 0.2) is 18.2 Å². The summed E-state index contributed by atoms with van der Waals surface area (Å²) in [6, 6.07) is 1.64. The van der Waals surface area contributed by atoms with Crippen LogP contribution in [0, 0.1) is 5.82 Å². The summed E-state index contributed by atoms with van der Waals surface area (Å²) in [5.41, 5.74) is -1.69. The summed E-state index contributed by atoms with van der Waals surface area (Å²) in [5, 5.41) is 8.72. The predicted molar refractivity (Wildman–Crippen MR) is 52.4 cm³/mol. The maximum atomic E-state index is 13.3. The van der Waals surface area contributed by atoms with Gasteiger partial charge in [-0.05, 0) is 25.1 Å². The molecule has 1 amide bonds. The van der Waals surface area contributed by atoms with E-state index in [-0.39, 0.29) is 6.54 Å². The summed E-state index contributed by atoms with van der Waals surface area (Å²) < 4.78 is 50.4. The van der Waals surface area contributed by atoms with E-state index in [1.165, 1.54) is 6.92 Å². The monoisotopic (exact) mass is 251 g/mol. The third-order valence-electron chi connectivity index (χ3n) is 2.11. The van der Waals surface area contributed by atoms with E-state index in [1.54, 1.807) is 0 Å². The van der Waals surface area contributed by atoms with Gasteiger partial charge >= 0.3 is 12.3 Å². The minimum Gasteiger partial charge on any atom is -0.465 e. The molecule has 1 aromatic rings. The lowest BCUT2D eigenvalue weighted by molar-refractivity contribution is -0.137. The number of hydrogen-bond acceptors (Lipinski definition) is 1. The third-order valence-corrected chi connectivity index (χ3v) is 2.11. The van der Waals surface area contributed by atoms with Crippen molar-refractivity contribution in [2.45, 2.75) is 13.1 Å². The number of carbonyl (C=O) groups is 1. The summed E-state index contributed by atoms with van der Waals surface area (Å²) in [6.07, 6.45) is -6.15. The highest BCUT2D eigenvalue weighted by molar-refractivity contribution is 5.86. The topological polar surface area (TPSA) is 40.5 Å². The number of benzene rings is 1. The Balaban J connectivity index is 3.28. The van der Waals surface area contributed by atoms with Crippen LogP contribution in [0.5, 0.6) is 0 Å². The molecule has 3 nitrogen and oxygen atoms in total. The van der Waals surface area contributed by atoms with E-state index < -0.39 is 29.3 Å². The smallest absolute Gasteiger partial charge is 0.416 e. The average molecular weight is 251 g/mol. The number of halogens is 4. The molecule has 7 heteroatoms. The number of rotatable bonds is 2. The third kappa shape index (κ3) is 2.86. The lowest BCUT2D eigenvalue weighted by Crippen LogP contribution is -2.29. The van der Waals surface area contributed by atoms with E-state index in [0.29, 0.717) is 23.1 Å². The Labute approximate surface area is 94.3 Å². The van der Waals surface area contributed by atoms with Crippen LogP contribution in [-0.4, -0.2) is 17.7 Å². The molecule has 0 aromatic heterocycles. The van der Waals surface area contributed by atoms with Crippen LogP contribution < -0.4 is 4.90 Å². The molecule has 0 saturated carbocycles. The molecular formula is C10H9F4NO2. The number of hydrogen-bond donors (Lipinski definition) is 1. The molecule has 0 saturated heterocycles. The first-order valence-corrected chi connectivity index (χ1v) is 4.64. The van der Waals surface area contributed by atoms with Crippen molar-refractivity contribution in [2.24, 2.45) is 0 Å². The SMILES string of the molecule is CCN(C(=O)O)c1cc(C(F)(F)F)ccc1F. The first kappa shape index (κ1) is 13.3. The van der Waals surface area contributed by atoms with Crippen LogP contribution in [0.4, 0.5) is 28.0 Å². The largest absolute Gasteiger partial charge is 0.465 e. The number of nitrogens with zero attached hydrogens (tertiary/aromatic N) is 1. The highest BCUT2D eigenvalue weighted by Crippen LogP contribution is 2.33. The molecule has 0 fully saturated rings. The second-order valence-electron chi connectivity index (χ2n) is 3.19. The van der Waals surface area contributed by atoms with Gasteiger partial charge < -0.3 is 5.11 Å². The number of carboxylic acid groups (broad SMARTS) is 1. The van der Waals surface area contributed by atoms with Crippen LogP contribution in [-0.2, 0) is 6.18 Å². The maximum absolute atomic E-state index is 13.3. The maximum Gasteiger partial charge on any atom is 0.416 e. The molecule has 0 heterocycles. The van der Waals surface area contributed by atoms with Gasteiger partial charge in [0.2, 0.25) is 0 Å². The van der Waals surface area contributed by atoms with Gasteiger partial charge in [0.05, 0.1) is 11.3 Å². The van der Waals surface area contributed by atoms with Gasteiger partial charge in [0, 0.05) is 6.54 Å². The lowest BCUT2D eigenvalue weighted by atomic mass is 10.1. The zero-order chi connectivity index (χ0) is 13.2. The summed E-state index contributed by atoms with van der Waals surface area (Å²) in [4.78, 5) is 11.2. The number of alkyl halides is 3. The Morgan fingerprint density at radius 1 is 1.41 bits per heavy atom. The van der Waals surface area contributed by atoms with E-state index >= 15 is 0 Å². The molecule has 0 aliphatic rings. The lowest BCUT2D eigenvalue weighted by Gasteiger charge is -2.19. The minimum atomic E-state index is -4.64. The van der Waals surface area contributed by atoms with Crippen LogP contribution in [0.1, 0.15) is 12.5 Å². The highest BCUT2D eigenvalue weighted by atomic mass is 19.4. The Morgan fingerprint density at radius 3 is 2.41 bits per heavy atom. The first-order chi connectivity index (χ1) is 7.77. The van der Waals surface area contributed by atoms with Gasteiger partial charge in [0.1, 0.15) is 5.82 Å². The Hall–Kier alpha value is -1.79. The van der Waals surface area contributed by atoms with Crippen molar-refractivity contribution in [3.05, 3.63) is 29.6 Å². The van der Waals surface area contributed by atoms with Crippen molar-refractivity contribution >= 4 is 11.8 Å². The van der Waals surface area contributed by atoms with E-state index in [4.69, 9.17) is 5.11 Å². The van der Waals surface area contributed by atoms with Gasteiger partial charge in [-0.3, -0.25) is 4.90 Å². The molecule has 0 aliphatic carbocycles. The molecule has 0 spiro atoms. The molecule has 94 valence electrons. The molecule has 0 aliphatic heterocycles. The van der Waals surface area contributed by atoms with Crippen LogP contribution >= 0.6 is 0 Å². The molecule has 17 heavy (non-hydrogen) atoms. The molecular weight excluding hydrogens is 242 g/mol. The van der Waals surface area contributed by atoms with Crippen molar-refractivity contribution in [3.63, 3.8) is 0 Å². The average Bonchev–Trinajstić information content (AvgIpc) is 2.19. The van der Waals surface area contributed by atoms with Gasteiger partial charge in [0.15, 0.2) is 0 Å². The molecule has 0 radical (unpaired) electrons. The van der Waals surface area contributed by atoms with Gasteiger partial charge in [-0.25, -0.2) is 9.18 Å². The summed E-state index contributed by atoms with van der Waals surface area (Å²) >= 11 is 0. The zero-order valence-corrected chi connectivity index (χ0v) is 8.75. The molecule has 1 N–H and O–H groups in total. The highest BCUT2D eigenvalue weighted by Gasteiger charge is 2.32. The summed E-state index contributed by atoms with van der Waals surface area (Å²) in [5.74, 6) is -1.01. The minimum absolute atomic E-state index is 0.145. The van der Waals surface area contributed by atoms with Gasteiger partial charge in [-0.15, -0.1) is 0 Å². The Kier molecular flexibility index (Phi) is 3.59. The van der Waals surface area contributed by atoms with Crippen molar-refractivity contribution in [1.29, 1.82) is 0 Å². The summed E-state index contributed by atoms with van der Waals surface area (Å²) in [6.45, 7) is 1.25. The second-order valence-corrected chi connectivity index (χ2v) is 3.19. The molecule has 1 rings (SSSR count). The van der Waals surface area contributed by atoms with Crippen molar-refractivity contribution in [1.82, 2.24) is 0 Å². The fourth-order valence-corrected chi connectivity index (χ4v) is 1.30. The Morgan fingerprint density at radius 2 is 2.00 bits per heavy atom. The standard InChI is InChI=1S/C10H9F4NO2/c1-2-15(9(16)17)8-5-6(10(12,13)14)3-4-7(8)11/h3-5H,2H2,1H3,(H,16,17). The molecule has 0 atom stereocenters. The van der Waals surface area contributed by atoms with Gasteiger partial charge in [-0.1, -0.05) is 0 Å². The van der Waals surface area contributed by atoms with E-state index in [2.05, 4.69) is 0 Å². The first-order valence-electron chi connectivity index (χ1n) is 4.64. The zero-order valence-electron chi connectivity index (χ0n) is 8.75. The van der Waals surface area contributed by atoms with E-state index in [1.807, 2.05) is 0 Å². The van der Waals surface area contributed by atoms with Crippen molar-refractivity contribution in [2.75, 3.05) is 11.4 Å². The number of amides is 1. The van der Waals surface area contributed by atoms with Crippen LogP contribution in [0.2, 0.25) is 0 Å². The van der Waals surface area contributed by atoms with E-state index in [0.717, 1.165) is 0 Å². The van der Waals surface area contributed by atoms with Crippen molar-refractivity contribution < 1.29 is 27.5 Å². The quantitative estimate of drug-likeness (QED) is 0.819. The van der Waals surface area contributed by atoms with Crippen molar-refractivity contribution in [3.8, 4) is 0 Å². The normalized spacial score (nSPS) is 11.4. The van der Waals surface area contributed by atoms with E-state index in [9.17, 15) is 22.4 Å². The second kappa shape index (κ2) is 4.60. The molecule has 0 bridgehead atoms. The fourth-order valence-electron chi connectivity index (χ4n) is 1.30. The number of anilines is 1. The Bertz CT molecular complexity index is 431. The van der Waals surface area contributed by atoms with Crippen LogP contribution in [0.3, 0.4) is 0 Å².